The Labute approximate surface area is 223 Å². The zero-order valence-corrected chi connectivity index (χ0v) is 22.5. The van der Waals surface area contributed by atoms with Gasteiger partial charge in [-0.15, -0.1) is 0 Å². The van der Waals surface area contributed by atoms with E-state index in [2.05, 4.69) is 39.0 Å². The third kappa shape index (κ3) is 8.15. The molecule has 37 heavy (non-hydrogen) atoms. The van der Waals surface area contributed by atoms with E-state index in [9.17, 15) is 14.7 Å². The van der Waals surface area contributed by atoms with Crippen LogP contribution in [0.4, 0.5) is 0 Å². The second kappa shape index (κ2) is 13.7. The van der Waals surface area contributed by atoms with Crippen molar-refractivity contribution in [2.75, 3.05) is 32.7 Å². The molecule has 1 saturated carbocycles. The van der Waals surface area contributed by atoms with Crippen molar-refractivity contribution in [1.82, 2.24) is 14.8 Å². The van der Waals surface area contributed by atoms with E-state index >= 15 is 0 Å². The maximum absolute atomic E-state index is 12.0. The van der Waals surface area contributed by atoms with Crippen molar-refractivity contribution in [3.05, 3.63) is 63.3 Å². The number of aromatic amines is 1. The third-order valence-corrected chi connectivity index (χ3v) is 8.54. The molecule has 0 unspecified atom stereocenters. The normalized spacial score (nSPS) is 15.0. The maximum atomic E-state index is 12.0. The average molecular weight is 525 g/mol. The van der Waals surface area contributed by atoms with Gasteiger partial charge < -0.3 is 20.7 Å². The van der Waals surface area contributed by atoms with Gasteiger partial charge in [-0.1, -0.05) is 73.4 Å². The van der Waals surface area contributed by atoms with E-state index in [4.69, 9.17) is 5.73 Å². The van der Waals surface area contributed by atoms with Gasteiger partial charge in [-0.3, -0.25) is 14.5 Å². The Hall–Kier alpha value is -2.68. The molecule has 4 N–H and O–H groups in total. The molecule has 7 nitrogen and oxygen atoms in total. The summed E-state index contributed by atoms with van der Waals surface area (Å²) in [6.07, 6.45) is 9.72. The van der Waals surface area contributed by atoms with Crippen molar-refractivity contribution in [2.24, 2.45) is 5.73 Å². The number of carbonyl (C=O) groups is 1. The first-order valence-corrected chi connectivity index (χ1v) is 14.4. The predicted octanol–water partition coefficient (Wildman–Crippen LogP) is 4.28. The van der Waals surface area contributed by atoms with E-state index in [1.807, 2.05) is 12.1 Å². The lowest BCUT2D eigenvalue weighted by Gasteiger charge is -2.33. The molecule has 0 spiro atoms. The number of hydrogen-bond donors (Lipinski definition) is 3. The molecule has 200 valence electrons. The monoisotopic (exact) mass is 524 g/mol. The lowest BCUT2D eigenvalue weighted by molar-refractivity contribution is -0.118. The van der Waals surface area contributed by atoms with Gasteiger partial charge in [0.05, 0.1) is 4.70 Å². The highest BCUT2D eigenvalue weighted by Crippen LogP contribution is 2.29. The van der Waals surface area contributed by atoms with E-state index in [0.29, 0.717) is 24.5 Å². The summed E-state index contributed by atoms with van der Waals surface area (Å²) in [5.41, 5.74) is 8.44. The summed E-state index contributed by atoms with van der Waals surface area (Å²) >= 11 is 1.17. The Kier molecular flexibility index (Phi) is 10.2. The molecular formula is C29H40N4O3S. The van der Waals surface area contributed by atoms with Crippen molar-refractivity contribution in [1.29, 1.82) is 0 Å². The van der Waals surface area contributed by atoms with Crippen LogP contribution in [0.25, 0.3) is 10.2 Å². The Morgan fingerprint density at radius 2 is 1.70 bits per heavy atom. The summed E-state index contributed by atoms with van der Waals surface area (Å²) in [5.74, 6) is -0.131. The number of carbonyl (C=O) groups excluding carboxylic acids is 1. The first-order valence-electron chi connectivity index (χ1n) is 13.6. The predicted molar refractivity (Wildman–Crippen MR) is 151 cm³/mol. The van der Waals surface area contributed by atoms with Crippen molar-refractivity contribution in [3.8, 4) is 5.75 Å². The van der Waals surface area contributed by atoms with Crippen LogP contribution in [0.3, 0.4) is 0 Å². The molecule has 3 aromatic rings. The van der Waals surface area contributed by atoms with Gasteiger partial charge in [0.25, 0.3) is 0 Å². The number of phenolic OH excluding ortho intramolecular Hbond substituents is 1. The highest BCUT2D eigenvalue weighted by molar-refractivity contribution is 7.16. The summed E-state index contributed by atoms with van der Waals surface area (Å²) in [6, 6.07) is 14.7. The molecule has 0 radical (unpaired) electrons. The van der Waals surface area contributed by atoms with Crippen LogP contribution in [0, 0.1) is 0 Å². The number of H-pyrrole nitrogens is 1. The molecule has 4 rings (SSSR count). The zero-order valence-electron chi connectivity index (χ0n) is 21.7. The standard InChI is InChI=1S/C29H40N4O3S/c30-26(35)16-18-32(17-14-22-8-4-3-5-9-22)20-21-33(24-10-6-1-2-7-11-24)19-15-23-12-13-25(34)27-28(23)37-29(36)31-27/h3-5,8-9,12-13,24,34H,1-2,6-7,10-11,14-21H2,(H2,30,35)(H,31,36). The van der Waals surface area contributed by atoms with Gasteiger partial charge in [-0.25, -0.2) is 0 Å². The molecule has 8 heteroatoms. The lowest BCUT2D eigenvalue weighted by atomic mass is 10.0. The summed E-state index contributed by atoms with van der Waals surface area (Å²) in [7, 11) is 0. The number of rotatable bonds is 13. The van der Waals surface area contributed by atoms with Gasteiger partial charge in [-0.05, 0) is 42.9 Å². The number of nitrogens with zero attached hydrogens (tertiary/aromatic N) is 2. The van der Waals surface area contributed by atoms with Crippen LogP contribution >= 0.6 is 11.3 Å². The fourth-order valence-electron chi connectivity index (χ4n) is 5.44. The number of phenols is 1. The Morgan fingerprint density at radius 3 is 2.43 bits per heavy atom. The van der Waals surface area contributed by atoms with Gasteiger partial charge in [0.1, 0.15) is 11.3 Å². The molecule has 1 aliphatic rings. The quantitative estimate of drug-likeness (QED) is 0.290. The number of thiazole rings is 1. The molecule has 2 aromatic carbocycles. The number of benzene rings is 2. The first-order chi connectivity index (χ1) is 18.0. The second-order valence-electron chi connectivity index (χ2n) is 10.2. The molecule has 1 heterocycles. The third-order valence-electron chi connectivity index (χ3n) is 7.59. The molecule has 1 amide bonds. The smallest absolute Gasteiger partial charge is 0.305 e. The SMILES string of the molecule is NC(=O)CCN(CCc1ccccc1)CCN(CCc1ccc(O)c2[nH]c(=O)sc12)C1CCCCCC1. The lowest BCUT2D eigenvalue weighted by Crippen LogP contribution is -2.43. The number of nitrogens with two attached hydrogens (primary N) is 1. The van der Waals surface area contributed by atoms with E-state index < -0.39 is 0 Å². The van der Waals surface area contributed by atoms with Crippen LogP contribution in [0.1, 0.15) is 56.1 Å². The van der Waals surface area contributed by atoms with Crippen LogP contribution < -0.4 is 10.6 Å². The van der Waals surface area contributed by atoms with Crippen molar-refractivity contribution in [3.63, 3.8) is 0 Å². The van der Waals surface area contributed by atoms with Gasteiger partial charge in [0, 0.05) is 45.2 Å². The molecule has 0 saturated heterocycles. The minimum atomic E-state index is -0.257. The van der Waals surface area contributed by atoms with Crippen LogP contribution in [0.15, 0.2) is 47.3 Å². The van der Waals surface area contributed by atoms with Crippen molar-refractivity contribution in [2.45, 2.75) is 63.8 Å². The second-order valence-corrected chi connectivity index (χ2v) is 11.2. The highest BCUT2D eigenvalue weighted by Gasteiger charge is 2.22. The van der Waals surface area contributed by atoms with Crippen LogP contribution in [0.5, 0.6) is 5.75 Å². The number of hydrogen-bond acceptors (Lipinski definition) is 6. The summed E-state index contributed by atoms with van der Waals surface area (Å²) in [6.45, 7) is 4.29. The van der Waals surface area contributed by atoms with Crippen LogP contribution in [0.2, 0.25) is 0 Å². The van der Waals surface area contributed by atoms with E-state index in [-0.39, 0.29) is 16.5 Å². The molecule has 0 bridgehead atoms. The fraction of sp³-hybridized carbons (Fsp3) is 0.517. The topological polar surface area (TPSA) is 103 Å². The Morgan fingerprint density at radius 1 is 0.946 bits per heavy atom. The largest absolute Gasteiger partial charge is 0.506 e. The Bertz CT molecular complexity index is 1180. The van der Waals surface area contributed by atoms with Crippen LogP contribution in [-0.4, -0.2) is 64.6 Å². The first kappa shape index (κ1) is 27.4. The molecule has 0 atom stereocenters. The molecule has 1 aliphatic carbocycles. The zero-order chi connectivity index (χ0) is 26.0. The highest BCUT2D eigenvalue weighted by atomic mass is 32.1. The minimum absolute atomic E-state index is 0.126. The number of fused-ring (bicyclic) bond motifs is 1. The van der Waals surface area contributed by atoms with E-state index in [1.165, 1.54) is 55.4 Å². The number of aromatic nitrogens is 1. The number of primary amides is 1. The molecule has 0 aliphatic heterocycles. The van der Waals surface area contributed by atoms with Crippen LogP contribution in [-0.2, 0) is 17.6 Å². The summed E-state index contributed by atoms with van der Waals surface area (Å²) in [5, 5.41) is 10.2. The number of amides is 1. The fourth-order valence-corrected chi connectivity index (χ4v) is 6.34. The van der Waals surface area contributed by atoms with E-state index in [1.54, 1.807) is 6.07 Å². The number of aromatic hydroxyl groups is 1. The minimum Gasteiger partial charge on any atom is -0.506 e. The van der Waals surface area contributed by atoms with Crippen molar-refractivity contribution >= 4 is 27.5 Å². The van der Waals surface area contributed by atoms with Gasteiger partial charge >= 0.3 is 4.87 Å². The molecule has 1 fully saturated rings. The van der Waals surface area contributed by atoms with Gasteiger partial charge in [0.2, 0.25) is 5.91 Å². The molecule has 1 aromatic heterocycles. The van der Waals surface area contributed by atoms with E-state index in [0.717, 1.165) is 49.3 Å². The summed E-state index contributed by atoms with van der Waals surface area (Å²) < 4.78 is 0.858. The Balaban J connectivity index is 1.45. The molecular weight excluding hydrogens is 484 g/mol. The van der Waals surface area contributed by atoms with Crippen molar-refractivity contribution < 1.29 is 9.90 Å². The average Bonchev–Trinajstić information content (AvgIpc) is 3.10. The van der Waals surface area contributed by atoms with Gasteiger partial charge in [-0.2, -0.15) is 0 Å². The maximum Gasteiger partial charge on any atom is 0.305 e. The summed E-state index contributed by atoms with van der Waals surface area (Å²) in [4.78, 5) is 31.1. The van der Waals surface area contributed by atoms with Gasteiger partial charge in [0.15, 0.2) is 0 Å². The number of nitrogens with one attached hydrogen (secondary N) is 1.